The van der Waals surface area contributed by atoms with Gasteiger partial charge in [-0.05, 0) is 30.0 Å². The smallest absolute Gasteiger partial charge is 0.221 e. The molecule has 0 saturated heterocycles. The molecule has 0 heterocycles. The molecule has 0 unspecified atom stereocenters. The van der Waals surface area contributed by atoms with Crippen molar-refractivity contribution >= 4 is 16.8 Å². The third-order valence-corrected chi connectivity index (χ3v) is 1.13. The summed E-state index contributed by atoms with van der Waals surface area (Å²) in [7, 11) is 0. The molecule has 56 valence electrons. The highest BCUT2D eigenvalue weighted by Gasteiger charge is 1.93. The molecular weight excluding hydrogens is 154 g/mol. The molecule has 0 N–H and O–H groups in total. The van der Waals surface area contributed by atoms with E-state index in [-0.39, 0.29) is 5.24 Å². The van der Waals surface area contributed by atoms with Crippen molar-refractivity contribution in [3.63, 3.8) is 0 Å². The second-order valence-corrected chi connectivity index (χ2v) is 2.19. The lowest BCUT2D eigenvalue weighted by molar-refractivity contribution is -0.111. The fraction of sp³-hybridized carbons (Fsp3) is 0.800. The summed E-state index contributed by atoms with van der Waals surface area (Å²) in [6, 6.07) is 0. The Morgan fingerprint density at radius 2 is 2.30 bits per heavy atom. The van der Waals surface area contributed by atoms with Crippen LogP contribution in [0.2, 0.25) is 0 Å². The van der Waals surface area contributed by atoms with Crippen LogP contribution in [0.3, 0.4) is 0 Å². The fourth-order valence-corrected chi connectivity index (χ4v) is 0.625. The fourth-order valence-electron chi connectivity index (χ4n) is 0.491. The van der Waals surface area contributed by atoms with Crippen LogP contribution in [-0.4, -0.2) is 11.8 Å². The van der Waals surface area contributed by atoms with Crippen LogP contribution in [0, 0.1) is 0 Å². The molecule has 0 aliphatic heterocycles. The minimum absolute atomic E-state index is 0.332. The molecule has 0 aliphatic carbocycles. The van der Waals surface area contributed by atoms with Gasteiger partial charge in [-0.1, -0.05) is 5.11 Å². The first-order valence-corrected chi connectivity index (χ1v) is 3.34. The normalized spacial score (nSPS) is 8.50. The maximum absolute atomic E-state index is 10.1. The number of azide groups is 1. The first kappa shape index (κ1) is 9.27. The van der Waals surface area contributed by atoms with Gasteiger partial charge in [-0.15, -0.1) is 0 Å². The monoisotopic (exact) mass is 161 g/mol. The van der Waals surface area contributed by atoms with Gasteiger partial charge in [0.2, 0.25) is 5.24 Å². The lowest BCUT2D eigenvalue weighted by Gasteiger charge is -1.89. The van der Waals surface area contributed by atoms with E-state index < -0.39 is 0 Å². The van der Waals surface area contributed by atoms with Gasteiger partial charge in [0, 0.05) is 17.9 Å². The summed E-state index contributed by atoms with van der Waals surface area (Å²) in [5.41, 5.74) is 7.84. The van der Waals surface area contributed by atoms with Crippen LogP contribution in [0.4, 0.5) is 0 Å². The molecule has 0 aliphatic rings. The van der Waals surface area contributed by atoms with E-state index in [1.807, 2.05) is 0 Å². The van der Waals surface area contributed by atoms with Crippen LogP contribution in [0.1, 0.15) is 19.3 Å². The predicted molar refractivity (Wildman–Crippen MR) is 38.7 cm³/mol. The Morgan fingerprint density at radius 1 is 1.60 bits per heavy atom. The van der Waals surface area contributed by atoms with Crippen molar-refractivity contribution in [3.05, 3.63) is 10.4 Å². The molecule has 0 bridgehead atoms. The Balaban J connectivity index is 3.05. The highest BCUT2D eigenvalue weighted by atomic mass is 35.5. The molecule has 0 atom stereocenters. The SMILES string of the molecule is [N-]=[N+]=NCCCCC(=O)Cl. The second kappa shape index (κ2) is 6.39. The summed E-state index contributed by atoms with van der Waals surface area (Å²) in [5, 5.41) is 2.96. The largest absolute Gasteiger partial charge is 0.281 e. The van der Waals surface area contributed by atoms with Gasteiger partial charge < -0.3 is 0 Å². The molecule has 5 heteroatoms. The number of hydrogen-bond donors (Lipinski definition) is 0. The van der Waals surface area contributed by atoms with Crippen molar-refractivity contribution in [1.82, 2.24) is 0 Å². The van der Waals surface area contributed by atoms with E-state index in [9.17, 15) is 4.79 Å². The number of unbranched alkanes of at least 4 members (excludes halogenated alkanes) is 1. The number of nitrogens with zero attached hydrogens (tertiary/aromatic N) is 3. The molecule has 0 saturated carbocycles. The number of halogens is 1. The molecule has 0 radical (unpaired) electrons. The molecule has 0 amide bonds. The topological polar surface area (TPSA) is 65.8 Å². The zero-order chi connectivity index (χ0) is 7.82. The molecule has 10 heavy (non-hydrogen) atoms. The number of carbonyl (C=O) groups excluding carboxylic acids is 1. The third kappa shape index (κ3) is 7.27. The van der Waals surface area contributed by atoms with E-state index in [0.29, 0.717) is 19.4 Å². The van der Waals surface area contributed by atoms with Gasteiger partial charge in [-0.25, -0.2) is 0 Å². The summed E-state index contributed by atoms with van der Waals surface area (Å²) in [6.45, 7) is 0.445. The average molecular weight is 162 g/mol. The molecule has 0 aromatic carbocycles. The standard InChI is InChI=1S/C5H8ClN3O/c6-5(10)3-1-2-4-8-9-7/h1-4H2. The molecule has 0 rings (SSSR count). The van der Waals surface area contributed by atoms with Gasteiger partial charge in [-0.3, -0.25) is 4.79 Å². The Hall–Kier alpha value is -0.730. The van der Waals surface area contributed by atoms with Crippen LogP contribution in [0.25, 0.3) is 10.4 Å². The Bertz CT molecular complexity index is 149. The Labute approximate surface area is 63.8 Å². The Morgan fingerprint density at radius 3 is 2.80 bits per heavy atom. The molecular formula is C5H8ClN3O. The van der Waals surface area contributed by atoms with Crippen LogP contribution in [0.5, 0.6) is 0 Å². The maximum Gasteiger partial charge on any atom is 0.221 e. The van der Waals surface area contributed by atoms with Crippen LogP contribution < -0.4 is 0 Å². The van der Waals surface area contributed by atoms with E-state index in [0.717, 1.165) is 6.42 Å². The second-order valence-electron chi connectivity index (χ2n) is 1.77. The minimum Gasteiger partial charge on any atom is -0.281 e. The van der Waals surface area contributed by atoms with Gasteiger partial charge >= 0.3 is 0 Å². The summed E-state index contributed by atoms with van der Waals surface area (Å²) in [4.78, 5) is 12.7. The molecule has 4 nitrogen and oxygen atoms in total. The lowest BCUT2D eigenvalue weighted by atomic mass is 10.2. The minimum atomic E-state index is -0.332. The molecule has 0 fully saturated rings. The van der Waals surface area contributed by atoms with Crippen molar-refractivity contribution in [2.75, 3.05) is 6.54 Å². The quantitative estimate of drug-likeness (QED) is 0.200. The van der Waals surface area contributed by atoms with Gasteiger partial charge in [0.1, 0.15) is 0 Å². The number of hydrogen-bond acceptors (Lipinski definition) is 2. The van der Waals surface area contributed by atoms with Gasteiger partial charge in [0.05, 0.1) is 0 Å². The predicted octanol–water partition coefficient (Wildman–Crippen LogP) is 2.23. The zero-order valence-electron chi connectivity index (χ0n) is 5.46. The van der Waals surface area contributed by atoms with E-state index in [1.54, 1.807) is 0 Å². The summed E-state index contributed by atoms with van der Waals surface area (Å²) in [6.07, 6.45) is 1.78. The lowest BCUT2D eigenvalue weighted by Crippen LogP contribution is -1.87. The summed E-state index contributed by atoms with van der Waals surface area (Å²) >= 11 is 5.05. The first-order valence-electron chi connectivity index (χ1n) is 2.96. The molecule has 0 aromatic rings. The maximum atomic E-state index is 10.1. The van der Waals surface area contributed by atoms with Gasteiger partial charge in [-0.2, -0.15) is 0 Å². The average Bonchev–Trinajstić information content (AvgIpc) is 1.87. The van der Waals surface area contributed by atoms with Gasteiger partial charge in [0.25, 0.3) is 0 Å². The number of carbonyl (C=O) groups is 1. The van der Waals surface area contributed by atoms with E-state index in [2.05, 4.69) is 10.0 Å². The highest BCUT2D eigenvalue weighted by Crippen LogP contribution is 1.98. The first-order chi connectivity index (χ1) is 4.77. The van der Waals surface area contributed by atoms with Crippen LogP contribution >= 0.6 is 11.6 Å². The van der Waals surface area contributed by atoms with E-state index in [1.165, 1.54) is 0 Å². The van der Waals surface area contributed by atoms with Crippen molar-refractivity contribution < 1.29 is 4.79 Å². The van der Waals surface area contributed by atoms with Crippen molar-refractivity contribution in [3.8, 4) is 0 Å². The van der Waals surface area contributed by atoms with E-state index >= 15 is 0 Å². The van der Waals surface area contributed by atoms with Crippen molar-refractivity contribution in [2.24, 2.45) is 5.11 Å². The molecule has 0 aromatic heterocycles. The third-order valence-electron chi connectivity index (χ3n) is 0.945. The Kier molecular flexibility index (Phi) is 5.92. The van der Waals surface area contributed by atoms with E-state index in [4.69, 9.17) is 17.1 Å². The van der Waals surface area contributed by atoms with Crippen LogP contribution in [0.15, 0.2) is 5.11 Å². The van der Waals surface area contributed by atoms with Crippen molar-refractivity contribution in [1.29, 1.82) is 0 Å². The van der Waals surface area contributed by atoms with Gasteiger partial charge in [0.15, 0.2) is 0 Å². The zero-order valence-corrected chi connectivity index (χ0v) is 6.21. The summed E-state index contributed by atoms with van der Waals surface area (Å²) < 4.78 is 0. The highest BCUT2D eigenvalue weighted by molar-refractivity contribution is 6.63. The number of rotatable bonds is 5. The van der Waals surface area contributed by atoms with Crippen molar-refractivity contribution in [2.45, 2.75) is 19.3 Å². The summed E-state index contributed by atoms with van der Waals surface area (Å²) in [5.74, 6) is 0. The van der Waals surface area contributed by atoms with Crippen LogP contribution in [-0.2, 0) is 4.79 Å². The molecule has 0 spiro atoms.